The topological polar surface area (TPSA) is 27.7 Å². The summed E-state index contributed by atoms with van der Waals surface area (Å²) in [5.41, 5.74) is 1.18. The molecule has 0 heterocycles. The van der Waals surface area contributed by atoms with Crippen LogP contribution in [0.3, 0.4) is 0 Å². The number of unbranched alkanes of at least 4 members (excludes halogenated alkanes) is 6. The second kappa shape index (κ2) is 14.9. The summed E-state index contributed by atoms with van der Waals surface area (Å²) in [6.07, 6.45) is 12.8. The highest BCUT2D eigenvalue weighted by Gasteiger charge is 2.39. The van der Waals surface area contributed by atoms with E-state index >= 15 is 0 Å². The first kappa shape index (κ1) is 25.1. The molecule has 4 heteroatoms. The molecule has 3 nitrogen and oxygen atoms in total. The molecule has 0 amide bonds. The summed E-state index contributed by atoms with van der Waals surface area (Å²) < 4.78 is 30.4. The Morgan fingerprint density at radius 2 is 1.39 bits per heavy atom. The van der Waals surface area contributed by atoms with Gasteiger partial charge in [-0.1, -0.05) is 64.0 Å². The lowest BCUT2D eigenvalue weighted by atomic mass is 9.91. The van der Waals surface area contributed by atoms with Crippen molar-refractivity contribution in [3.63, 3.8) is 0 Å². The van der Waals surface area contributed by atoms with E-state index in [1.54, 1.807) is 14.2 Å². The van der Waals surface area contributed by atoms with Crippen LogP contribution in [0.25, 0.3) is 0 Å². The number of benzene rings is 1. The molecule has 0 aromatic heterocycles. The van der Waals surface area contributed by atoms with Crippen LogP contribution in [0.1, 0.15) is 83.6 Å². The van der Waals surface area contributed by atoms with Crippen LogP contribution in [0.15, 0.2) is 24.3 Å². The molecule has 0 saturated heterocycles. The van der Waals surface area contributed by atoms with E-state index < -0.39 is 5.97 Å². The minimum Gasteiger partial charge on any atom is -0.331 e. The molecule has 1 rings (SSSR count). The first-order chi connectivity index (χ1) is 13.6. The van der Waals surface area contributed by atoms with Crippen molar-refractivity contribution in [1.29, 1.82) is 0 Å². The molecule has 0 spiro atoms. The number of methoxy groups -OCH3 is 2. The van der Waals surface area contributed by atoms with Gasteiger partial charge in [-0.25, -0.2) is 4.39 Å². The SMILES string of the molecule is CCCCCCCCC(CCCCc1ccc(F)cc1)C(OC)(OC)OCC. The molecule has 0 aliphatic heterocycles. The largest absolute Gasteiger partial charge is 0.331 e. The van der Waals surface area contributed by atoms with Crippen molar-refractivity contribution in [3.05, 3.63) is 35.6 Å². The minimum absolute atomic E-state index is 0.176. The van der Waals surface area contributed by atoms with Crippen LogP contribution in [-0.2, 0) is 20.6 Å². The van der Waals surface area contributed by atoms with Crippen molar-refractivity contribution in [2.45, 2.75) is 90.4 Å². The third-order valence-corrected chi connectivity index (χ3v) is 5.50. The first-order valence-corrected chi connectivity index (χ1v) is 11.1. The maximum atomic E-state index is 13.0. The standard InChI is InChI=1S/C24H41FO3/c1-5-7-8-9-10-11-15-22(24(26-3,27-4)28-6-2)16-13-12-14-21-17-19-23(25)20-18-21/h17-20,22H,5-16H2,1-4H3. The molecule has 0 fully saturated rings. The summed E-state index contributed by atoms with van der Waals surface area (Å²) in [5.74, 6) is -0.917. The van der Waals surface area contributed by atoms with Crippen molar-refractivity contribution in [2.75, 3.05) is 20.8 Å². The average molecular weight is 397 g/mol. The Morgan fingerprint density at radius 3 is 1.96 bits per heavy atom. The second-order valence-electron chi connectivity index (χ2n) is 7.57. The Labute approximate surface area is 172 Å². The zero-order valence-electron chi connectivity index (χ0n) is 18.5. The molecule has 28 heavy (non-hydrogen) atoms. The predicted molar refractivity (Wildman–Crippen MR) is 114 cm³/mol. The van der Waals surface area contributed by atoms with Crippen molar-refractivity contribution >= 4 is 0 Å². The van der Waals surface area contributed by atoms with Gasteiger partial charge in [-0.15, -0.1) is 0 Å². The monoisotopic (exact) mass is 396 g/mol. The Morgan fingerprint density at radius 1 is 0.821 bits per heavy atom. The molecule has 0 N–H and O–H groups in total. The van der Waals surface area contributed by atoms with Crippen LogP contribution in [-0.4, -0.2) is 26.8 Å². The number of aryl methyl sites for hydroxylation is 1. The highest BCUT2D eigenvalue weighted by Crippen LogP contribution is 2.33. The average Bonchev–Trinajstić information content (AvgIpc) is 2.72. The van der Waals surface area contributed by atoms with Gasteiger partial charge in [0.1, 0.15) is 5.82 Å². The highest BCUT2D eigenvalue weighted by molar-refractivity contribution is 5.15. The van der Waals surface area contributed by atoms with Crippen molar-refractivity contribution in [1.82, 2.24) is 0 Å². The van der Waals surface area contributed by atoms with Gasteiger partial charge >= 0.3 is 0 Å². The summed E-state index contributed by atoms with van der Waals surface area (Å²) in [7, 11) is 3.35. The zero-order valence-corrected chi connectivity index (χ0v) is 18.5. The number of hydrogen-bond donors (Lipinski definition) is 0. The third kappa shape index (κ3) is 9.02. The molecule has 1 unspecified atom stereocenters. The quantitative estimate of drug-likeness (QED) is 0.212. The molecule has 0 bridgehead atoms. The van der Waals surface area contributed by atoms with Gasteiger partial charge in [0, 0.05) is 26.7 Å². The zero-order chi connectivity index (χ0) is 20.7. The molecule has 1 atom stereocenters. The number of hydrogen-bond acceptors (Lipinski definition) is 3. The molecular weight excluding hydrogens is 355 g/mol. The van der Waals surface area contributed by atoms with Crippen LogP contribution < -0.4 is 0 Å². The van der Waals surface area contributed by atoms with Gasteiger partial charge in [-0.05, 0) is 50.3 Å². The summed E-state index contributed by atoms with van der Waals surface area (Å²) in [6, 6.07) is 6.81. The summed E-state index contributed by atoms with van der Waals surface area (Å²) in [6.45, 7) is 4.78. The lowest BCUT2D eigenvalue weighted by Gasteiger charge is -2.37. The molecule has 1 aromatic carbocycles. The fourth-order valence-electron chi connectivity index (χ4n) is 3.89. The van der Waals surface area contributed by atoms with E-state index in [0.29, 0.717) is 6.61 Å². The Kier molecular flexibility index (Phi) is 13.4. The molecule has 1 aromatic rings. The van der Waals surface area contributed by atoms with Crippen molar-refractivity contribution in [3.8, 4) is 0 Å². The minimum atomic E-state index is -0.950. The summed E-state index contributed by atoms with van der Waals surface area (Å²) in [4.78, 5) is 0. The predicted octanol–water partition coefficient (Wildman–Crippen LogP) is 6.89. The van der Waals surface area contributed by atoms with Gasteiger partial charge in [0.2, 0.25) is 0 Å². The van der Waals surface area contributed by atoms with E-state index in [9.17, 15) is 4.39 Å². The van der Waals surface area contributed by atoms with Gasteiger partial charge in [-0.3, -0.25) is 0 Å². The van der Waals surface area contributed by atoms with Crippen molar-refractivity contribution in [2.24, 2.45) is 5.92 Å². The van der Waals surface area contributed by atoms with Crippen LogP contribution >= 0.6 is 0 Å². The summed E-state index contributed by atoms with van der Waals surface area (Å²) >= 11 is 0. The Balaban J connectivity index is 2.54. The lowest BCUT2D eigenvalue weighted by Crippen LogP contribution is -2.45. The maximum Gasteiger partial charge on any atom is 0.285 e. The number of ether oxygens (including phenoxy) is 3. The molecule has 0 aliphatic carbocycles. The van der Waals surface area contributed by atoms with Crippen LogP contribution in [0.5, 0.6) is 0 Å². The van der Waals surface area contributed by atoms with Gasteiger partial charge < -0.3 is 14.2 Å². The van der Waals surface area contributed by atoms with Crippen molar-refractivity contribution < 1.29 is 18.6 Å². The van der Waals surface area contributed by atoms with Gasteiger partial charge in [0.15, 0.2) is 0 Å². The smallest absolute Gasteiger partial charge is 0.285 e. The van der Waals surface area contributed by atoms with E-state index in [1.165, 1.54) is 56.2 Å². The maximum absolute atomic E-state index is 13.0. The van der Waals surface area contributed by atoms with Crippen LogP contribution in [0.4, 0.5) is 4.39 Å². The molecule has 0 radical (unpaired) electrons. The number of rotatable bonds is 17. The van der Waals surface area contributed by atoms with Crippen LogP contribution in [0.2, 0.25) is 0 Å². The van der Waals surface area contributed by atoms with Gasteiger partial charge in [-0.2, -0.15) is 0 Å². The van der Waals surface area contributed by atoms with E-state index in [1.807, 2.05) is 19.1 Å². The lowest BCUT2D eigenvalue weighted by molar-refractivity contribution is -0.388. The molecule has 162 valence electrons. The Hall–Kier alpha value is -0.970. The van der Waals surface area contributed by atoms with Gasteiger partial charge in [0.25, 0.3) is 5.97 Å². The van der Waals surface area contributed by atoms with E-state index in [0.717, 1.165) is 32.1 Å². The second-order valence-corrected chi connectivity index (χ2v) is 7.57. The highest BCUT2D eigenvalue weighted by atomic mass is 19.1. The fraction of sp³-hybridized carbons (Fsp3) is 0.750. The number of halogens is 1. The normalized spacial score (nSPS) is 13.0. The molecule has 0 aliphatic rings. The van der Waals surface area contributed by atoms with E-state index in [4.69, 9.17) is 14.2 Å². The fourth-order valence-corrected chi connectivity index (χ4v) is 3.89. The van der Waals surface area contributed by atoms with E-state index in [-0.39, 0.29) is 11.7 Å². The van der Waals surface area contributed by atoms with E-state index in [2.05, 4.69) is 6.92 Å². The summed E-state index contributed by atoms with van der Waals surface area (Å²) in [5, 5.41) is 0. The third-order valence-electron chi connectivity index (χ3n) is 5.50. The first-order valence-electron chi connectivity index (χ1n) is 11.1. The van der Waals surface area contributed by atoms with Gasteiger partial charge in [0.05, 0.1) is 0 Å². The molecular formula is C24H41FO3. The Bertz CT molecular complexity index is 485. The molecule has 0 saturated carbocycles. The van der Waals surface area contributed by atoms with Crippen LogP contribution in [0, 0.1) is 11.7 Å².